The minimum absolute atomic E-state index is 0.668. The van der Waals surface area contributed by atoms with Gasteiger partial charge in [-0.1, -0.05) is 5.16 Å². The van der Waals surface area contributed by atoms with Crippen LogP contribution in [0.25, 0.3) is 0 Å². The van der Waals surface area contributed by atoms with Crippen LogP contribution in [0.3, 0.4) is 0 Å². The van der Waals surface area contributed by atoms with Gasteiger partial charge in [-0.2, -0.15) is 0 Å². The van der Waals surface area contributed by atoms with Gasteiger partial charge in [-0.15, -0.1) is 0 Å². The molecule has 0 amide bonds. The topological polar surface area (TPSA) is 66.7 Å². The number of nitrogens with zero attached hydrogens (tertiary/aromatic N) is 2. The van der Waals surface area contributed by atoms with Crippen molar-refractivity contribution in [3.05, 3.63) is 35.7 Å². The first-order valence-electron chi connectivity index (χ1n) is 4.46. The minimum atomic E-state index is 0.668. The molecule has 0 fully saturated rings. The van der Waals surface area contributed by atoms with Crippen molar-refractivity contribution in [1.29, 1.82) is 0 Å². The van der Waals surface area contributed by atoms with Gasteiger partial charge in [0.1, 0.15) is 5.82 Å². The highest BCUT2D eigenvalue weighted by Crippen LogP contribution is 2.01. The Morgan fingerprint density at radius 3 is 3.07 bits per heavy atom. The Balaban J connectivity index is 1.78. The highest BCUT2D eigenvalue weighted by Gasteiger charge is 2.00. The molecule has 0 saturated heterocycles. The second-order valence-electron chi connectivity index (χ2n) is 3.07. The lowest BCUT2D eigenvalue weighted by atomic mass is 10.4. The number of aromatic nitrogens is 3. The van der Waals surface area contributed by atoms with E-state index in [-0.39, 0.29) is 0 Å². The molecule has 0 aliphatic heterocycles. The van der Waals surface area contributed by atoms with Gasteiger partial charge >= 0.3 is 0 Å². The molecule has 2 rings (SSSR count). The molecular formula is C9H12N4O. The summed E-state index contributed by atoms with van der Waals surface area (Å²) in [6.07, 6.45) is 3.53. The van der Waals surface area contributed by atoms with Crippen molar-refractivity contribution in [2.45, 2.75) is 20.0 Å². The number of hydrogen-bond donors (Lipinski definition) is 2. The number of hydrogen-bond acceptors (Lipinski definition) is 4. The molecule has 0 radical (unpaired) electrons. The third kappa shape index (κ3) is 2.20. The Hall–Kier alpha value is -1.62. The molecule has 0 saturated carbocycles. The smallest absolute Gasteiger partial charge is 0.150 e. The predicted octanol–water partition coefficient (Wildman–Crippen LogP) is 0.996. The summed E-state index contributed by atoms with van der Waals surface area (Å²) in [5.74, 6) is 1.76. The molecule has 2 N–H and O–H groups in total. The van der Waals surface area contributed by atoms with Crippen LogP contribution in [0.15, 0.2) is 23.0 Å². The van der Waals surface area contributed by atoms with E-state index in [1.54, 1.807) is 12.4 Å². The van der Waals surface area contributed by atoms with Gasteiger partial charge < -0.3 is 14.8 Å². The van der Waals surface area contributed by atoms with Crippen molar-refractivity contribution in [3.8, 4) is 0 Å². The van der Waals surface area contributed by atoms with Gasteiger partial charge in [0.15, 0.2) is 5.76 Å². The van der Waals surface area contributed by atoms with Gasteiger partial charge in [0, 0.05) is 18.5 Å². The van der Waals surface area contributed by atoms with E-state index in [0.29, 0.717) is 13.1 Å². The minimum Gasteiger partial charge on any atom is -0.360 e. The fourth-order valence-corrected chi connectivity index (χ4v) is 1.20. The van der Waals surface area contributed by atoms with Crippen molar-refractivity contribution in [1.82, 2.24) is 20.4 Å². The number of H-pyrrole nitrogens is 1. The van der Waals surface area contributed by atoms with Crippen molar-refractivity contribution in [2.24, 2.45) is 0 Å². The Labute approximate surface area is 81.5 Å². The van der Waals surface area contributed by atoms with Crippen LogP contribution in [0.2, 0.25) is 0 Å². The molecule has 0 spiro atoms. The summed E-state index contributed by atoms with van der Waals surface area (Å²) in [5, 5.41) is 6.98. The molecule has 2 aromatic rings. The van der Waals surface area contributed by atoms with Crippen molar-refractivity contribution >= 4 is 0 Å². The molecule has 0 aliphatic carbocycles. The number of aromatic amines is 1. The Kier molecular flexibility index (Phi) is 2.60. The van der Waals surface area contributed by atoms with E-state index in [2.05, 4.69) is 20.4 Å². The zero-order valence-electron chi connectivity index (χ0n) is 7.95. The summed E-state index contributed by atoms with van der Waals surface area (Å²) in [7, 11) is 0. The van der Waals surface area contributed by atoms with Crippen LogP contribution in [-0.4, -0.2) is 15.1 Å². The van der Waals surface area contributed by atoms with Crippen LogP contribution >= 0.6 is 0 Å². The number of aryl methyl sites for hydroxylation is 1. The maximum atomic E-state index is 5.04. The van der Waals surface area contributed by atoms with E-state index in [1.165, 1.54) is 0 Å². The number of imidazole rings is 1. The van der Waals surface area contributed by atoms with E-state index in [9.17, 15) is 0 Å². The van der Waals surface area contributed by atoms with Gasteiger partial charge in [-0.05, 0) is 6.92 Å². The molecule has 0 bridgehead atoms. The quantitative estimate of drug-likeness (QED) is 0.758. The Morgan fingerprint density at radius 1 is 1.50 bits per heavy atom. The van der Waals surface area contributed by atoms with E-state index in [4.69, 9.17) is 4.52 Å². The lowest BCUT2D eigenvalue weighted by Gasteiger charge is -1.97. The molecule has 0 unspecified atom stereocenters. The highest BCUT2D eigenvalue weighted by molar-refractivity contribution is 5.02. The summed E-state index contributed by atoms with van der Waals surface area (Å²) in [6.45, 7) is 3.27. The first-order valence-corrected chi connectivity index (χ1v) is 4.46. The molecule has 0 aromatic carbocycles. The molecule has 74 valence electrons. The largest absolute Gasteiger partial charge is 0.360 e. The summed E-state index contributed by atoms with van der Waals surface area (Å²) in [6, 6.07) is 1.91. The number of nitrogens with one attached hydrogen (secondary N) is 2. The van der Waals surface area contributed by atoms with Crippen LogP contribution < -0.4 is 5.32 Å². The van der Waals surface area contributed by atoms with Gasteiger partial charge in [-0.3, -0.25) is 0 Å². The van der Waals surface area contributed by atoms with E-state index < -0.39 is 0 Å². The average Bonchev–Trinajstić information content (AvgIpc) is 2.77. The maximum Gasteiger partial charge on any atom is 0.150 e. The average molecular weight is 192 g/mol. The molecule has 14 heavy (non-hydrogen) atoms. The zero-order chi connectivity index (χ0) is 9.80. The van der Waals surface area contributed by atoms with Crippen molar-refractivity contribution < 1.29 is 4.52 Å². The SMILES string of the molecule is Cc1cc(CNCc2ncc[nH]2)on1. The maximum absolute atomic E-state index is 5.04. The highest BCUT2D eigenvalue weighted by atomic mass is 16.5. The van der Waals surface area contributed by atoms with Crippen LogP contribution in [0, 0.1) is 6.92 Å². The van der Waals surface area contributed by atoms with Crippen molar-refractivity contribution in [2.75, 3.05) is 0 Å². The summed E-state index contributed by atoms with van der Waals surface area (Å²) in [4.78, 5) is 7.10. The molecule has 5 nitrogen and oxygen atoms in total. The van der Waals surface area contributed by atoms with Gasteiger partial charge in [0.2, 0.25) is 0 Å². The van der Waals surface area contributed by atoms with E-state index >= 15 is 0 Å². The normalized spacial score (nSPS) is 10.6. The third-order valence-corrected chi connectivity index (χ3v) is 1.82. The van der Waals surface area contributed by atoms with Gasteiger partial charge in [-0.25, -0.2) is 4.98 Å². The van der Waals surface area contributed by atoms with Crippen LogP contribution in [0.4, 0.5) is 0 Å². The summed E-state index contributed by atoms with van der Waals surface area (Å²) < 4.78 is 5.04. The third-order valence-electron chi connectivity index (χ3n) is 1.82. The van der Waals surface area contributed by atoms with Crippen molar-refractivity contribution in [3.63, 3.8) is 0 Å². The van der Waals surface area contributed by atoms with Gasteiger partial charge in [0.05, 0.1) is 18.8 Å². The predicted molar refractivity (Wildman–Crippen MR) is 50.4 cm³/mol. The Morgan fingerprint density at radius 2 is 2.43 bits per heavy atom. The first kappa shape index (κ1) is 8.96. The lowest BCUT2D eigenvalue weighted by Crippen LogP contribution is -2.13. The van der Waals surface area contributed by atoms with E-state index in [1.807, 2.05) is 13.0 Å². The molecule has 5 heteroatoms. The van der Waals surface area contributed by atoms with Gasteiger partial charge in [0.25, 0.3) is 0 Å². The summed E-state index contributed by atoms with van der Waals surface area (Å²) >= 11 is 0. The summed E-state index contributed by atoms with van der Waals surface area (Å²) in [5.41, 5.74) is 0.903. The monoisotopic (exact) mass is 192 g/mol. The standard InChI is InChI=1S/C9H12N4O/c1-7-4-8(14-13-7)5-10-6-9-11-2-3-12-9/h2-4,10H,5-6H2,1H3,(H,11,12). The van der Waals surface area contributed by atoms with Crippen LogP contribution in [0.1, 0.15) is 17.3 Å². The number of rotatable bonds is 4. The van der Waals surface area contributed by atoms with E-state index in [0.717, 1.165) is 17.3 Å². The van der Waals surface area contributed by atoms with Crippen LogP contribution in [-0.2, 0) is 13.1 Å². The molecule has 0 aliphatic rings. The second-order valence-corrected chi connectivity index (χ2v) is 3.07. The fourth-order valence-electron chi connectivity index (χ4n) is 1.20. The lowest BCUT2D eigenvalue weighted by molar-refractivity contribution is 0.369. The fraction of sp³-hybridized carbons (Fsp3) is 0.333. The molecular weight excluding hydrogens is 180 g/mol. The second kappa shape index (κ2) is 4.06. The molecule has 2 heterocycles. The molecule has 0 atom stereocenters. The first-order chi connectivity index (χ1) is 6.84. The molecule has 2 aromatic heterocycles. The zero-order valence-corrected chi connectivity index (χ0v) is 7.95. The Bertz CT molecular complexity index is 379. The van der Waals surface area contributed by atoms with Crippen LogP contribution in [0.5, 0.6) is 0 Å².